The number of hydrogen-bond donors (Lipinski definition) is 1. The predicted molar refractivity (Wildman–Crippen MR) is 95.2 cm³/mol. The van der Waals surface area contributed by atoms with Crippen LogP contribution >= 0.6 is 27.5 Å². The fourth-order valence-corrected chi connectivity index (χ4v) is 2.97. The van der Waals surface area contributed by atoms with Crippen molar-refractivity contribution >= 4 is 27.5 Å². The Bertz CT molecular complexity index is 625. The number of rotatable bonds is 5. The summed E-state index contributed by atoms with van der Waals surface area (Å²) < 4.78 is 0.933. The lowest BCUT2D eigenvalue weighted by Gasteiger charge is -2.22. The second kappa shape index (κ2) is 7.44. The molecule has 2 rings (SSSR count). The van der Waals surface area contributed by atoms with Gasteiger partial charge in [0.2, 0.25) is 0 Å². The van der Waals surface area contributed by atoms with Crippen molar-refractivity contribution in [3.8, 4) is 0 Å². The highest BCUT2D eigenvalue weighted by molar-refractivity contribution is 9.10. The first-order chi connectivity index (χ1) is 10.0. The van der Waals surface area contributed by atoms with Crippen molar-refractivity contribution in [1.29, 1.82) is 0 Å². The average Bonchev–Trinajstić information content (AvgIpc) is 2.44. The summed E-state index contributed by atoms with van der Waals surface area (Å²) in [4.78, 5) is 0. The molecule has 0 aliphatic carbocycles. The van der Waals surface area contributed by atoms with Gasteiger partial charge in [-0.1, -0.05) is 48.4 Å². The van der Waals surface area contributed by atoms with E-state index in [1.807, 2.05) is 12.1 Å². The molecule has 1 unspecified atom stereocenters. The molecule has 21 heavy (non-hydrogen) atoms. The summed E-state index contributed by atoms with van der Waals surface area (Å²) in [5.74, 6) is 0. The van der Waals surface area contributed by atoms with E-state index >= 15 is 0 Å². The summed E-state index contributed by atoms with van der Waals surface area (Å²) in [7, 11) is 0. The molecule has 3 heteroatoms. The maximum absolute atomic E-state index is 6.27. The van der Waals surface area contributed by atoms with Gasteiger partial charge >= 0.3 is 0 Å². The molecule has 0 aliphatic rings. The van der Waals surface area contributed by atoms with E-state index in [0.717, 1.165) is 22.5 Å². The first-order valence-corrected chi connectivity index (χ1v) is 8.45. The lowest BCUT2D eigenvalue weighted by Crippen LogP contribution is -2.24. The second-order valence-corrected chi connectivity index (χ2v) is 6.68. The maximum atomic E-state index is 6.27. The molecule has 0 aliphatic heterocycles. The van der Waals surface area contributed by atoms with Crippen LogP contribution < -0.4 is 5.32 Å². The van der Waals surface area contributed by atoms with Crippen molar-refractivity contribution in [1.82, 2.24) is 5.32 Å². The van der Waals surface area contributed by atoms with Gasteiger partial charge in [0.05, 0.1) is 11.1 Å². The SMILES string of the molecule is CCCNC(c1ccc(Br)c(Cl)c1)c1ccc(C)cc1C. The summed E-state index contributed by atoms with van der Waals surface area (Å²) in [5.41, 5.74) is 5.11. The van der Waals surface area contributed by atoms with Crippen LogP contribution in [0.2, 0.25) is 5.02 Å². The molecular formula is C18H21BrClN. The van der Waals surface area contributed by atoms with Gasteiger partial charge in [0, 0.05) is 4.47 Å². The fourth-order valence-electron chi connectivity index (χ4n) is 2.54. The topological polar surface area (TPSA) is 12.0 Å². The zero-order chi connectivity index (χ0) is 15.4. The minimum Gasteiger partial charge on any atom is -0.306 e. The van der Waals surface area contributed by atoms with Crippen molar-refractivity contribution < 1.29 is 0 Å². The molecule has 0 radical (unpaired) electrons. The molecule has 0 amide bonds. The lowest BCUT2D eigenvalue weighted by atomic mass is 9.93. The van der Waals surface area contributed by atoms with Gasteiger partial charge in [0.1, 0.15) is 0 Å². The van der Waals surface area contributed by atoms with Gasteiger partial charge in [-0.25, -0.2) is 0 Å². The molecule has 0 spiro atoms. The smallest absolute Gasteiger partial charge is 0.0579 e. The van der Waals surface area contributed by atoms with Gasteiger partial charge in [0.25, 0.3) is 0 Å². The van der Waals surface area contributed by atoms with Crippen molar-refractivity contribution in [2.75, 3.05) is 6.54 Å². The molecule has 0 fully saturated rings. The molecule has 2 aromatic rings. The van der Waals surface area contributed by atoms with Crippen LogP contribution in [0.5, 0.6) is 0 Å². The third kappa shape index (κ3) is 4.09. The van der Waals surface area contributed by atoms with Gasteiger partial charge in [-0.05, 0) is 71.6 Å². The molecule has 0 saturated heterocycles. The van der Waals surface area contributed by atoms with Crippen LogP contribution in [-0.2, 0) is 0 Å². The third-order valence-corrected chi connectivity index (χ3v) is 4.84. The van der Waals surface area contributed by atoms with E-state index in [2.05, 4.69) is 66.3 Å². The first kappa shape index (κ1) is 16.5. The van der Waals surface area contributed by atoms with Crippen LogP contribution in [0.15, 0.2) is 40.9 Å². The highest BCUT2D eigenvalue weighted by Gasteiger charge is 2.16. The molecule has 0 heterocycles. The van der Waals surface area contributed by atoms with Crippen molar-refractivity contribution in [2.45, 2.75) is 33.2 Å². The summed E-state index contributed by atoms with van der Waals surface area (Å²) in [5, 5.41) is 4.39. The number of halogens is 2. The molecule has 112 valence electrons. The van der Waals surface area contributed by atoms with Gasteiger partial charge < -0.3 is 5.32 Å². The molecule has 0 saturated carbocycles. The van der Waals surface area contributed by atoms with Crippen LogP contribution in [0.25, 0.3) is 0 Å². The molecule has 0 aromatic heterocycles. The van der Waals surface area contributed by atoms with Crippen LogP contribution in [0.1, 0.15) is 41.6 Å². The van der Waals surface area contributed by atoms with Crippen molar-refractivity contribution in [3.05, 3.63) is 68.1 Å². The van der Waals surface area contributed by atoms with E-state index in [9.17, 15) is 0 Å². The van der Waals surface area contributed by atoms with E-state index < -0.39 is 0 Å². The van der Waals surface area contributed by atoms with Gasteiger partial charge in [-0.15, -0.1) is 0 Å². The predicted octanol–water partition coefficient (Wildman–Crippen LogP) is 5.81. The van der Waals surface area contributed by atoms with E-state index in [0.29, 0.717) is 0 Å². The van der Waals surface area contributed by atoms with Crippen molar-refractivity contribution in [3.63, 3.8) is 0 Å². The van der Waals surface area contributed by atoms with E-state index in [1.165, 1.54) is 22.3 Å². The number of aryl methyl sites for hydroxylation is 2. The summed E-state index contributed by atoms with van der Waals surface area (Å²) in [6.07, 6.45) is 1.10. The van der Waals surface area contributed by atoms with E-state index in [4.69, 9.17) is 11.6 Å². The fraction of sp³-hybridized carbons (Fsp3) is 0.333. The molecule has 1 nitrogen and oxygen atoms in total. The highest BCUT2D eigenvalue weighted by Crippen LogP contribution is 2.30. The maximum Gasteiger partial charge on any atom is 0.0579 e. The third-order valence-electron chi connectivity index (χ3n) is 3.61. The van der Waals surface area contributed by atoms with Crippen molar-refractivity contribution in [2.24, 2.45) is 0 Å². The van der Waals surface area contributed by atoms with Crippen LogP contribution in [0.4, 0.5) is 0 Å². The summed E-state index contributed by atoms with van der Waals surface area (Å²) in [6.45, 7) is 7.46. The van der Waals surface area contributed by atoms with Gasteiger partial charge in [-0.3, -0.25) is 0 Å². The normalized spacial score (nSPS) is 12.4. The highest BCUT2D eigenvalue weighted by atomic mass is 79.9. The minimum atomic E-state index is 0.177. The van der Waals surface area contributed by atoms with E-state index in [-0.39, 0.29) is 6.04 Å². The Hall–Kier alpha value is -0.830. The zero-order valence-corrected chi connectivity index (χ0v) is 15.1. The molecule has 1 atom stereocenters. The molecular weight excluding hydrogens is 346 g/mol. The Labute approximate surface area is 140 Å². The zero-order valence-electron chi connectivity index (χ0n) is 12.7. The van der Waals surface area contributed by atoms with Crippen LogP contribution in [0, 0.1) is 13.8 Å². The number of nitrogens with one attached hydrogen (secondary N) is 1. The molecule has 1 N–H and O–H groups in total. The Balaban J connectivity index is 2.44. The molecule has 0 bridgehead atoms. The van der Waals surface area contributed by atoms with Gasteiger partial charge in [-0.2, -0.15) is 0 Å². The molecule has 2 aromatic carbocycles. The second-order valence-electron chi connectivity index (χ2n) is 5.42. The largest absolute Gasteiger partial charge is 0.306 e. The number of hydrogen-bond acceptors (Lipinski definition) is 1. The Morgan fingerprint density at radius 3 is 2.52 bits per heavy atom. The number of benzene rings is 2. The summed E-state index contributed by atoms with van der Waals surface area (Å²) in [6, 6.07) is 13.0. The average molecular weight is 367 g/mol. The van der Waals surface area contributed by atoms with E-state index in [1.54, 1.807) is 0 Å². The monoisotopic (exact) mass is 365 g/mol. The van der Waals surface area contributed by atoms with Crippen LogP contribution in [-0.4, -0.2) is 6.54 Å². The summed E-state index contributed by atoms with van der Waals surface area (Å²) >= 11 is 9.73. The lowest BCUT2D eigenvalue weighted by molar-refractivity contribution is 0.596. The Morgan fingerprint density at radius 1 is 1.14 bits per heavy atom. The van der Waals surface area contributed by atoms with Crippen LogP contribution in [0.3, 0.4) is 0 Å². The minimum absolute atomic E-state index is 0.177. The quantitative estimate of drug-likeness (QED) is 0.704. The first-order valence-electron chi connectivity index (χ1n) is 7.28. The standard InChI is InChI=1S/C18H21BrClN/c1-4-9-21-18(14-6-8-16(19)17(20)11-14)15-7-5-12(2)10-13(15)3/h5-8,10-11,18,21H,4,9H2,1-3H3. The Kier molecular flexibility index (Phi) is 5.86. The van der Waals surface area contributed by atoms with Gasteiger partial charge in [0.15, 0.2) is 0 Å². The Morgan fingerprint density at radius 2 is 1.90 bits per heavy atom.